The molecule has 7 nitrogen and oxygen atoms in total. The van der Waals surface area contributed by atoms with Crippen LogP contribution >= 0.6 is 23.2 Å². The summed E-state index contributed by atoms with van der Waals surface area (Å²) in [7, 11) is 0. The first kappa shape index (κ1) is 28.0. The molecule has 10 heteroatoms. The third kappa shape index (κ3) is 4.37. The molecule has 8 rings (SSSR count). The Labute approximate surface area is 265 Å². The Bertz CT molecular complexity index is 1830. The third-order valence-electron chi connectivity index (χ3n) is 10.1. The van der Waals surface area contributed by atoms with E-state index in [4.69, 9.17) is 37.9 Å². The quantitative estimate of drug-likeness (QED) is 0.221. The fourth-order valence-electron chi connectivity index (χ4n) is 8.02. The van der Waals surface area contributed by atoms with Crippen molar-refractivity contribution in [1.82, 2.24) is 19.8 Å². The lowest BCUT2D eigenvalue weighted by atomic mass is 9.95. The Kier molecular flexibility index (Phi) is 6.74. The molecule has 4 fully saturated rings. The zero-order chi connectivity index (χ0) is 30.2. The summed E-state index contributed by atoms with van der Waals surface area (Å²) in [6.45, 7) is 6.69. The molecule has 0 aliphatic carbocycles. The number of ether oxygens (including phenoxy) is 1. The molecular formula is C34H32Cl2FN5O2. The molecule has 0 bridgehead atoms. The molecule has 0 N–H and O–H groups in total. The maximum absolute atomic E-state index is 14.5. The molecule has 2 unspecified atom stereocenters. The van der Waals surface area contributed by atoms with Gasteiger partial charge in [-0.25, -0.2) is 4.39 Å². The van der Waals surface area contributed by atoms with E-state index in [-0.39, 0.29) is 29.5 Å². The molecule has 4 saturated heterocycles. The summed E-state index contributed by atoms with van der Waals surface area (Å²) < 4.78 is 20.9. The van der Waals surface area contributed by atoms with E-state index in [1.165, 1.54) is 6.08 Å². The van der Waals surface area contributed by atoms with Gasteiger partial charge in [-0.05, 0) is 61.0 Å². The molecule has 4 aliphatic heterocycles. The van der Waals surface area contributed by atoms with Gasteiger partial charge >= 0.3 is 6.01 Å². The molecule has 4 aromatic rings. The summed E-state index contributed by atoms with van der Waals surface area (Å²) in [6, 6.07) is 16.3. The van der Waals surface area contributed by atoms with E-state index in [0.717, 1.165) is 58.9 Å². The second kappa shape index (κ2) is 10.6. The first-order valence-electron chi connectivity index (χ1n) is 15.3. The molecule has 1 aromatic heterocycles. The fourth-order valence-corrected chi connectivity index (χ4v) is 8.57. The van der Waals surface area contributed by atoms with Crippen LogP contribution in [0.4, 0.5) is 10.2 Å². The van der Waals surface area contributed by atoms with Gasteiger partial charge in [0.05, 0.1) is 23.1 Å². The van der Waals surface area contributed by atoms with Crippen molar-refractivity contribution in [3.05, 3.63) is 71.2 Å². The number of carbonyl (C=O) groups excluding carboxylic acids is 1. The second-order valence-electron chi connectivity index (χ2n) is 12.5. The minimum Gasteiger partial charge on any atom is -0.461 e. The van der Waals surface area contributed by atoms with E-state index in [1.54, 1.807) is 0 Å². The predicted octanol–water partition coefficient (Wildman–Crippen LogP) is 6.69. The number of hydrogen-bond donors (Lipinski definition) is 0. The summed E-state index contributed by atoms with van der Waals surface area (Å²) in [5.74, 6) is 0.692. The van der Waals surface area contributed by atoms with Crippen molar-refractivity contribution in [2.75, 3.05) is 37.7 Å². The fraction of sp³-hybridized carbons (Fsp3) is 0.382. The van der Waals surface area contributed by atoms with Gasteiger partial charge in [0.25, 0.3) is 0 Å². The van der Waals surface area contributed by atoms with Gasteiger partial charge in [0.15, 0.2) is 0 Å². The average Bonchev–Trinajstić information content (AvgIpc) is 3.65. The number of carbonyl (C=O) groups is 1. The number of hydrogen-bond acceptors (Lipinski definition) is 6. The monoisotopic (exact) mass is 631 g/mol. The number of halogens is 3. The van der Waals surface area contributed by atoms with E-state index in [2.05, 4.69) is 16.4 Å². The molecule has 4 atom stereocenters. The Balaban J connectivity index is 1.22. The largest absolute Gasteiger partial charge is 0.461 e. The highest BCUT2D eigenvalue weighted by Gasteiger charge is 2.51. The maximum atomic E-state index is 14.5. The van der Waals surface area contributed by atoms with Crippen LogP contribution in [-0.4, -0.2) is 82.3 Å². The van der Waals surface area contributed by atoms with Crippen molar-refractivity contribution in [2.45, 2.75) is 49.5 Å². The Morgan fingerprint density at radius 1 is 1.07 bits per heavy atom. The second-order valence-corrected chi connectivity index (χ2v) is 13.3. The van der Waals surface area contributed by atoms with E-state index < -0.39 is 6.17 Å². The number of aromatic nitrogens is 2. The molecular weight excluding hydrogens is 600 g/mol. The first-order valence-corrected chi connectivity index (χ1v) is 16.0. The number of amides is 1. The molecule has 0 spiro atoms. The molecule has 1 amide bonds. The molecule has 0 saturated carbocycles. The van der Waals surface area contributed by atoms with Gasteiger partial charge in [0.2, 0.25) is 5.91 Å². The van der Waals surface area contributed by atoms with E-state index >= 15 is 0 Å². The normalized spacial score (nSPS) is 26.2. The van der Waals surface area contributed by atoms with Gasteiger partial charge in [-0.1, -0.05) is 60.1 Å². The minimum atomic E-state index is -0.842. The summed E-state index contributed by atoms with van der Waals surface area (Å²) in [4.78, 5) is 28.7. The van der Waals surface area contributed by atoms with Crippen LogP contribution in [0.15, 0.2) is 61.2 Å². The highest BCUT2D eigenvalue weighted by Crippen LogP contribution is 2.44. The highest BCUT2D eigenvalue weighted by atomic mass is 35.5. The number of fused-ring (bicyclic) bond motifs is 4. The van der Waals surface area contributed by atoms with Crippen LogP contribution in [0.2, 0.25) is 10.0 Å². The lowest BCUT2D eigenvalue weighted by molar-refractivity contribution is -0.127. The number of nitrogens with zero attached hydrogens (tertiary/aromatic N) is 5. The van der Waals surface area contributed by atoms with Crippen LogP contribution in [0.25, 0.3) is 32.8 Å². The van der Waals surface area contributed by atoms with Gasteiger partial charge in [0, 0.05) is 52.4 Å². The van der Waals surface area contributed by atoms with Gasteiger partial charge < -0.3 is 14.5 Å². The zero-order valence-electron chi connectivity index (χ0n) is 24.2. The number of rotatable bonds is 6. The van der Waals surface area contributed by atoms with Crippen LogP contribution in [-0.2, 0) is 4.79 Å². The summed E-state index contributed by atoms with van der Waals surface area (Å²) in [6.07, 6.45) is 3.78. The SMILES string of the molecule is C=CC(=O)N1CCC2[C@H]1CN2c1nc(OCC23CCCN2C[C@H](F)C3)nc2cc(-c3cccc4cccc(Cl)c34)c(Cl)cc12. The number of alkyl halides is 1. The molecule has 0 radical (unpaired) electrons. The van der Waals surface area contributed by atoms with Gasteiger partial charge in [-0.2, -0.15) is 9.97 Å². The van der Waals surface area contributed by atoms with Crippen LogP contribution in [0, 0.1) is 0 Å². The van der Waals surface area contributed by atoms with E-state index in [1.807, 2.05) is 53.4 Å². The lowest BCUT2D eigenvalue weighted by Gasteiger charge is -2.47. The number of anilines is 1. The van der Waals surface area contributed by atoms with Crippen LogP contribution in [0.1, 0.15) is 25.7 Å². The highest BCUT2D eigenvalue weighted by molar-refractivity contribution is 6.38. The van der Waals surface area contributed by atoms with Crippen molar-refractivity contribution >= 4 is 56.6 Å². The lowest BCUT2D eigenvalue weighted by Crippen LogP contribution is -2.63. The number of benzene rings is 3. The minimum absolute atomic E-state index is 0.0433. The predicted molar refractivity (Wildman–Crippen MR) is 172 cm³/mol. The molecule has 226 valence electrons. The Hall–Kier alpha value is -3.46. The van der Waals surface area contributed by atoms with Crippen molar-refractivity contribution in [1.29, 1.82) is 0 Å². The van der Waals surface area contributed by atoms with Crippen LogP contribution in [0.3, 0.4) is 0 Å². The van der Waals surface area contributed by atoms with Gasteiger partial charge in [-0.3, -0.25) is 9.69 Å². The maximum Gasteiger partial charge on any atom is 0.319 e. The molecule has 44 heavy (non-hydrogen) atoms. The molecule has 5 heterocycles. The van der Waals surface area contributed by atoms with Gasteiger partial charge in [-0.15, -0.1) is 0 Å². The van der Waals surface area contributed by atoms with Crippen molar-refractivity contribution in [3.63, 3.8) is 0 Å². The first-order chi connectivity index (χ1) is 21.3. The van der Waals surface area contributed by atoms with Crippen LogP contribution < -0.4 is 9.64 Å². The topological polar surface area (TPSA) is 61.8 Å². The standard InChI is InChI=1S/C34H32Cl2FN5O2/c1-2-30(43)41-13-10-28-29(41)18-42(28)32-24-14-26(36)23(22-8-3-6-20-7-4-9-25(35)31(20)22)15-27(24)38-33(39-32)44-19-34-11-5-12-40(34)17-21(37)16-34/h2-4,6-9,14-15,21,28-29H,1,5,10-13,16-19H2/t21-,28?,29-,34?/m1/s1. The summed E-state index contributed by atoms with van der Waals surface area (Å²) in [5.41, 5.74) is 2.11. The zero-order valence-corrected chi connectivity index (χ0v) is 25.7. The molecule has 4 aliphatic rings. The Morgan fingerprint density at radius 3 is 2.75 bits per heavy atom. The van der Waals surface area contributed by atoms with E-state index in [9.17, 15) is 9.18 Å². The van der Waals surface area contributed by atoms with E-state index in [0.29, 0.717) is 48.2 Å². The average molecular weight is 633 g/mol. The van der Waals surface area contributed by atoms with Gasteiger partial charge in [0.1, 0.15) is 18.6 Å². The third-order valence-corrected chi connectivity index (χ3v) is 10.8. The van der Waals surface area contributed by atoms with Crippen molar-refractivity contribution < 1.29 is 13.9 Å². The number of likely N-dealkylation sites (tertiary alicyclic amines) is 1. The van der Waals surface area contributed by atoms with Crippen molar-refractivity contribution in [3.8, 4) is 17.1 Å². The summed E-state index contributed by atoms with van der Waals surface area (Å²) in [5, 5.41) is 3.98. The van der Waals surface area contributed by atoms with Crippen LogP contribution in [0.5, 0.6) is 6.01 Å². The van der Waals surface area contributed by atoms with Crippen molar-refractivity contribution in [2.24, 2.45) is 0 Å². The Morgan fingerprint density at radius 2 is 1.91 bits per heavy atom. The molecule has 3 aromatic carbocycles. The smallest absolute Gasteiger partial charge is 0.319 e. The summed E-state index contributed by atoms with van der Waals surface area (Å²) >= 11 is 13.7.